The number of aryl methyl sites for hydroxylation is 1. The lowest BCUT2D eigenvalue weighted by molar-refractivity contribution is -0.142. The number of carboxylic acids is 1. The minimum absolute atomic E-state index is 0.366. The molecule has 1 rings (SSSR count). The van der Waals surface area contributed by atoms with Crippen molar-refractivity contribution in [3.8, 4) is 0 Å². The van der Waals surface area contributed by atoms with Gasteiger partial charge in [0.15, 0.2) is 0 Å². The zero-order valence-electron chi connectivity index (χ0n) is 12.6. The van der Waals surface area contributed by atoms with E-state index < -0.39 is 23.5 Å². The van der Waals surface area contributed by atoms with E-state index >= 15 is 0 Å². The summed E-state index contributed by atoms with van der Waals surface area (Å²) in [5.41, 5.74) is 0.332. The van der Waals surface area contributed by atoms with Gasteiger partial charge in [0.2, 0.25) is 0 Å². The molecule has 0 saturated heterocycles. The Kier molecular flexibility index (Phi) is 4.81. The number of furan rings is 1. The Morgan fingerprint density at radius 2 is 2.05 bits per heavy atom. The molecule has 0 radical (unpaired) electrons. The Labute approximate surface area is 118 Å². The number of nitrogens with zero attached hydrogens (tertiary/aromatic N) is 1. The number of carbonyl (C=O) groups excluding carboxylic acids is 1. The number of aliphatic carboxylic acids is 1. The Hall–Kier alpha value is -1.98. The lowest BCUT2D eigenvalue weighted by Gasteiger charge is -2.29. The number of nitrogens with one attached hydrogen (secondary N) is 1. The van der Waals surface area contributed by atoms with Crippen LogP contribution in [-0.4, -0.2) is 35.1 Å². The van der Waals surface area contributed by atoms with Crippen LogP contribution in [-0.2, 0) is 11.3 Å². The van der Waals surface area contributed by atoms with Crippen molar-refractivity contribution >= 4 is 12.0 Å². The summed E-state index contributed by atoms with van der Waals surface area (Å²) in [4.78, 5) is 24.7. The van der Waals surface area contributed by atoms with Crippen LogP contribution >= 0.6 is 0 Å². The molecule has 1 atom stereocenters. The van der Waals surface area contributed by atoms with Crippen LogP contribution in [0.2, 0.25) is 0 Å². The maximum absolute atomic E-state index is 12.1. The average molecular weight is 282 g/mol. The monoisotopic (exact) mass is 282 g/mol. The van der Waals surface area contributed by atoms with Gasteiger partial charge in [-0.1, -0.05) is 20.8 Å². The highest BCUT2D eigenvalue weighted by atomic mass is 16.4. The van der Waals surface area contributed by atoms with Crippen molar-refractivity contribution in [3.63, 3.8) is 0 Å². The van der Waals surface area contributed by atoms with Crippen LogP contribution in [0.1, 0.15) is 32.1 Å². The molecule has 0 aromatic carbocycles. The van der Waals surface area contributed by atoms with E-state index in [9.17, 15) is 14.7 Å². The van der Waals surface area contributed by atoms with Gasteiger partial charge >= 0.3 is 12.0 Å². The zero-order valence-corrected chi connectivity index (χ0v) is 12.6. The first-order valence-electron chi connectivity index (χ1n) is 6.40. The van der Waals surface area contributed by atoms with E-state index in [1.807, 2.05) is 6.92 Å². The van der Waals surface area contributed by atoms with Crippen LogP contribution in [0.5, 0.6) is 0 Å². The van der Waals surface area contributed by atoms with Gasteiger partial charge in [-0.05, 0) is 18.4 Å². The molecule has 20 heavy (non-hydrogen) atoms. The minimum atomic E-state index is -1.04. The second-order valence-electron chi connectivity index (χ2n) is 5.94. The molecule has 0 aliphatic carbocycles. The maximum Gasteiger partial charge on any atom is 0.326 e. The second kappa shape index (κ2) is 5.98. The van der Waals surface area contributed by atoms with Crippen molar-refractivity contribution in [3.05, 3.63) is 23.7 Å². The largest absolute Gasteiger partial charge is 0.480 e. The fourth-order valence-electron chi connectivity index (χ4n) is 1.78. The third-order valence-corrected chi connectivity index (χ3v) is 3.10. The van der Waals surface area contributed by atoms with E-state index in [0.717, 1.165) is 11.3 Å². The molecule has 0 bridgehead atoms. The Balaban J connectivity index is 2.70. The predicted molar refractivity (Wildman–Crippen MR) is 74.3 cm³/mol. The van der Waals surface area contributed by atoms with Crippen LogP contribution in [0.3, 0.4) is 0 Å². The number of carbonyl (C=O) groups is 2. The first kappa shape index (κ1) is 16.1. The molecule has 1 aromatic rings. The normalized spacial score (nSPS) is 12.8. The molecule has 1 heterocycles. The van der Waals surface area contributed by atoms with Gasteiger partial charge in [0.1, 0.15) is 11.8 Å². The third kappa shape index (κ3) is 4.01. The topological polar surface area (TPSA) is 82.8 Å². The number of carboxylic acid groups (broad SMARTS) is 1. The van der Waals surface area contributed by atoms with Crippen LogP contribution in [0, 0.1) is 12.3 Å². The van der Waals surface area contributed by atoms with E-state index in [1.54, 1.807) is 40.1 Å². The lowest BCUT2D eigenvalue weighted by atomic mass is 9.87. The fourth-order valence-corrected chi connectivity index (χ4v) is 1.78. The summed E-state index contributed by atoms with van der Waals surface area (Å²) in [6, 6.07) is 0.424. The van der Waals surface area contributed by atoms with Crippen LogP contribution in [0.25, 0.3) is 0 Å². The molecule has 0 saturated carbocycles. The molecular weight excluding hydrogens is 260 g/mol. The van der Waals surface area contributed by atoms with E-state index in [0.29, 0.717) is 6.54 Å². The van der Waals surface area contributed by atoms with E-state index in [2.05, 4.69) is 5.32 Å². The molecule has 112 valence electrons. The standard InChI is InChI=1S/C14H22N2O4/c1-9-10(6-7-20-9)8-16(5)13(19)15-11(12(17)18)14(2,3)4/h6-7,11H,8H2,1-5H3,(H,15,19)(H,17,18)/t11-/m0/s1. The van der Waals surface area contributed by atoms with Gasteiger partial charge in [0.05, 0.1) is 12.8 Å². The summed E-state index contributed by atoms with van der Waals surface area (Å²) in [7, 11) is 1.61. The smallest absolute Gasteiger partial charge is 0.326 e. The SMILES string of the molecule is Cc1occc1CN(C)C(=O)N[C@@H](C(=O)O)C(C)(C)C. The quantitative estimate of drug-likeness (QED) is 0.887. The molecular formula is C14H22N2O4. The Morgan fingerprint density at radius 1 is 1.45 bits per heavy atom. The summed E-state index contributed by atoms with van der Waals surface area (Å²) >= 11 is 0. The summed E-state index contributed by atoms with van der Waals surface area (Å²) in [5.74, 6) is -0.297. The summed E-state index contributed by atoms with van der Waals surface area (Å²) < 4.78 is 5.17. The zero-order chi connectivity index (χ0) is 15.5. The van der Waals surface area contributed by atoms with Gasteiger partial charge in [-0.3, -0.25) is 0 Å². The van der Waals surface area contributed by atoms with Crippen molar-refractivity contribution < 1.29 is 19.1 Å². The van der Waals surface area contributed by atoms with Gasteiger partial charge < -0.3 is 19.7 Å². The molecule has 0 aliphatic rings. The number of hydrogen-bond acceptors (Lipinski definition) is 3. The van der Waals surface area contributed by atoms with E-state index in [4.69, 9.17) is 4.42 Å². The second-order valence-corrected chi connectivity index (χ2v) is 5.94. The highest BCUT2D eigenvalue weighted by Crippen LogP contribution is 2.20. The van der Waals surface area contributed by atoms with E-state index in [-0.39, 0.29) is 0 Å². The predicted octanol–water partition coefficient (Wildman–Crippen LogP) is 2.23. The van der Waals surface area contributed by atoms with Crippen molar-refractivity contribution in [1.29, 1.82) is 0 Å². The summed E-state index contributed by atoms with van der Waals surface area (Å²) in [6.45, 7) is 7.49. The van der Waals surface area contributed by atoms with Crippen LogP contribution in [0.4, 0.5) is 4.79 Å². The first-order chi connectivity index (χ1) is 9.12. The molecule has 0 fully saturated rings. The highest BCUT2D eigenvalue weighted by molar-refractivity contribution is 5.83. The van der Waals surface area contributed by atoms with Crippen molar-refractivity contribution in [2.45, 2.75) is 40.3 Å². The van der Waals surface area contributed by atoms with Gasteiger partial charge in [-0.25, -0.2) is 9.59 Å². The van der Waals surface area contributed by atoms with Gasteiger partial charge in [0, 0.05) is 12.6 Å². The first-order valence-corrected chi connectivity index (χ1v) is 6.40. The van der Waals surface area contributed by atoms with Crippen LogP contribution < -0.4 is 5.32 Å². The molecule has 6 heteroatoms. The van der Waals surface area contributed by atoms with Crippen molar-refractivity contribution in [2.24, 2.45) is 5.41 Å². The summed E-state index contributed by atoms with van der Waals surface area (Å²) in [6.07, 6.45) is 1.56. The molecule has 6 nitrogen and oxygen atoms in total. The Bertz CT molecular complexity index is 488. The molecule has 2 N–H and O–H groups in total. The lowest BCUT2D eigenvalue weighted by Crippen LogP contribution is -2.52. The molecule has 0 unspecified atom stereocenters. The van der Waals surface area contributed by atoms with Gasteiger partial charge in [-0.15, -0.1) is 0 Å². The van der Waals surface area contributed by atoms with Crippen molar-refractivity contribution in [1.82, 2.24) is 10.2 Å². The number of urea groups is 1. The maximum atomic E-state index is 12.1. The van der Waals surface area contributed by atoms with Gasteiger partial charge in [0.25, 0.3) is 0 Å². The van der Waals surface area contributed by atoms with Crippen molar-refractivity contribution in [2.75, 3.05) is 7.05 Å². The fraction of sp³-hybridized carbons (Fsp3) is 0.571. The molecule has 0 spiro atoms. The van der Waals surface area contributed by atoms with Crippen LogP contribution in [0.15, 0.2) is 16.7 Å². The van der Waals surface area contributed by atoms with E-state index in [1.165, 1.54) is 4.90 Å². The van der Waals surface area contributed by atoms with Gasteiger partial charge in [-0.2, -0.15) is 0 Å². The highest BCUT2D eigenvalue weighted by Gasteiger charge is 2.33. The Morgan fingerprint density at radius 3 is 2.45 bits per heavy atom. The number of amides is 2. The number of hydrogen-bond donors (Lipinski definition) is 2. The number of rotatable bonds is 4. The summed E-state index contributed by atoms with van der Waals surface area (Å²) in [5, 5.41) is 11.7. The molecule has 1 aromatic heterocycles. The average Bonchev–Trinajstić information content (AvgIpc) is 2.69. The molecule has 2 amide bonds. The molecule has 0 aliphatic heterocycles. The third-order valence-electron chi connectivity index (χ3n) is 3.10. The minimum Gasteiger partial charge on any atom is -0.480 e.